The molecule has 0 aliphatic heterocycles. The SMILES string of the molecule is CCCCCCCCCCCCCCCCC(C)C1=CC(=O)C(S(=O)(=O)O)=CC1=O. The lowest BCUT2D eigenvalue weighted by atomic mass is 9.88. The summed E-state index contributed by atoms with van der Waals surface area (Å²) in [6, 6.07) is 0. The van der Waals surface area contributed by atoms with Crippen LogP contribution in [0.5, 0.6) is 0 Å². The number of rotatable bonds is 17. The molecule has 172 valence electrons. The van der Waals surface area contributed by atoms with E-state index < -0.39 is 26.6 Å². The molecule has 0 saturated carbocycles. The first-order valence-corrected chi connectivity index (χ1v) is 13.2. The fourth-order valence-corrected chi connectivity index (χ4v) is 4.51. The summed E-state index contributed by atoms with van der Waals surface area (Å²) in [6.07, 6.45) is 20.6. The van der Waals surface area contributed by atoms with Crippen LogP contribution in [0.15, 0.2) is 22.6 Å². The van der Waals surface area contributed by atoms with Crippen molar-refractivity contribution < 1.29 is 22.6 Å². The minimum Gasteiger partial charge on any atom is -0.290 e. The summed E-state index contributed by atoms with van der Waals surface area (Å²) in [6.45, 7) is 4.13. The second-order valence-electron chi connectivity index (χ2n) is 8.60. The molecule has 0 aromatic heterocycles. The second kappa shape index (κ2) is 14.7. The van der Waals surface area contributed by atoms with E-state index in [1.165, 1.54) is 77.0 Å². The highest BCUT2D eigenvalue weighted by atomic mass is 32.2. The summed E-state index contributed by atoms with van der Waals surface area (Å²) < 4.78 is 31.2. The zero-order valence-corrected chi connectivity index (χ0v) is 19.6. The Morgan fingerprint density at radius 3 is 1.60 bits per heavy atom. The molecule has 0 amide bonds. The van der Waals surface area contributed by atoms with Crippen LogP contribution >= 0.6 is 0 Å². The van der Waals surface area contributed by atoms with E-state index in [0.717, 1.165) is 31.4 Å². The number of carbonyl (C=O) groups is 2. The Morgan fingerprint density at radius 2 is 1.17 bits per heavy atom. The van der Waals surface area contributed by atoms with E-state index in [1.807, 2.05) is 6.92 Å². The van der Waals surface area contributed by atoms with Gasteiger partial charge in [-0.3, -0.25) is 14.1 Å². The molecular weight excluding hydrogens is 400 g/mol. The van der Waals surface area contributed by atoms with Crippen LogP contribution in [0.4, 0.5) is 0 Å². The Bertz CT molecular complexity index is 703. The van der Waals surface area contributed by atoms with Crippen molar-refractivity contribution in [3.8, 4) is 0 Å². The van der Waals surface area contributed by atoms with E-state index in [4.69, 9.17) is 4.55 Å². The van der Waals surface area contributed by atoms with E-state index >= 15 is 0 Å². The molecular formula is C24H40O5S. The predicted octanol–water partition coefficient (Wildman–Crippen LogP) is 6.34. The fraction of sp³-hybridized carbons (Fsp3) is 0.750. The van der Waals surface area contributed by atoms with Gasteiger partial charge in [-0.1, -0.05) is 104 Å². The first kappa shape index (κ1) is 26.8. The topological polar surface area (TPSA) is 88.5 Å². The van der Waals surface area contributed by atoms with Gasteiger partial charge in [0, 0.05) is 11.6 Å². The molecule has 30 heavy (non-hydrogen) atoms. The van der Waals surface area contributed by atoms with Crippen LogP contribution in [0.1, 0.15) is 110 Å². The lowest BCUT2D eigenvalue weighted by molar-refractivity contribution is -0.115. The maximum absolute atomic E-state index is 12.1. The fourth-order valence-electron chi connectivity index (χ4n) is 3.94. The maximum atomic E-state index is 12.1. The standard InChI is InChI=1S/C24H40O5S/c1-3-4-5-6-7-8-9-10-11-12-13-14-15-16-17-20(2)21-18-23(26)24(19-22(21)25)30(27,28)29/h18-20H,3-17H2,1-2H3,(H,27,28,29). The Labute approximate surface area is 183 Å². The molecule has 1 rings (SSSR count). The van der Waals surface area contributed by atoms with Crippen LogP contribution in [0.2, 0.25) is 0 Å². The molecule has 1 N–H and O–H groups in total. The summed E-state index contributed by atoms with van der Waals surface area (Å²) in [5.74, 6) is -1.42. The summed E-state index contributed by atoms with van der Waals surface area (Å²) in [5.41, 5.74) is 0.335. The third-order valence-corrected chi connectivity index (χ3v) is 6.75. The van der Waals surface area contributed by atoms with Crippen molar-refractivity contribution in [2.75, 3.05) is 0 Å². The zero-order valence-electron chi connectivity index (χ0n) is 18.8. The number of hydrogen-bond acceptors (Lipinski definition) is 4. The Hall–Kier alpha value is -1.27. The molecule has 0 aromatic carbocycles. The van der Waals surface area contributed by atoms with Gasteiger partial charge in [-0.25, -0.2) is 0 Å². The molecule has 6 heteroatoms. The monoisotopic (exact) mass is 440 g/mol. The maximum Gasteiger partial charge on any atom is 0.298 e. The average Bonchev–Trinajstić information content (AvgIpc) is 2.68. The van der Waals surface area contributed by atoms with Gasteiger partial charge >= 0.3 is 0 Å². The first-order chi connectivity index (χ1) is 14.3. The number of hydrogen-bond donors (Lipinski definition) is 1. The zero-order chi connectivity index (χ0) is 22.4. The predicted molar refractivity (Wildman–Crippen MR) is 122 cm³/mol. The van der Waals surface area contributed by atoms with Crippen LogP contribution in [0.3, 0.4) is 0 Å². The molecule has 0 radical (unpaired) electrons. The van der Waals surface area contributed by atoms with Gasteiger partial charge < -0.3 is 0 Å². The van der Waals surface area contributed by atoms with Crippen LogP contribution < -0.4 is 0 Å². The molecule has 1 aliphatic carbocycles. The van der Waals surface area contributed by atoms with E-state index in [0.29, 0.717) is 5.57 Å². The summed E-state index contributed by atoms with van der Waals surface area (Å²) in [4.78, 5) is 23.1. The molecule has 0 heterocycles. The number of allylic oxidation sites excluding steroid dienone is 4. The number of carbonyl (C=O) groups excluding carboxylic acids is 2. The third kappa shape index (κ3) is 10.7. The molecule has 0 bridgehead atoms. The van der Waals surface area contributed by atoms with Gasteiger partial charge in [0.15, 0.2) is 11.6 Å². The largest absolute Gasteiger partial charge is 0.298 e. The van der Waals surface area contributed by atoms with Gasteiger partial charge in [-0.05, 0) is 18.4 Å². The normalized spacial score (nSPS) is 15.8. The van der Waals surface area contributed by atoms with E-state index in [1.54, 1.807) is 0 Å². The third-order valence-electron chi connectivity index (χ3n) is 5.88. The lowest BCUT2D eigenvalue weighted by Crippen LogP contribution is -2.21. The van der Waals surface area contributed by atoms with E-state index in [9.17, 15) is 18.0 Å². The van der Waals surface area contributed by atoms with Crippen LogP contribution in [0.25, 0.3) is 0 Å². The van der Waals surface area contributed by atoms with Crippen LogP contribution in [-0.4, -0.2) is 24.5 Å². The molecule has 1 aliphatic rings. The lowest BCUT2D eigenvalue weighted by Gasteiger charge is -2.17. The molecule has 0 spiro atoms. The van der Waals surface area contributed by atoms with Crippen molar-refractivity contribution in [2.45, 2.75) is 110 Å². The summed E-state index contributed by atoms with van der Waals surface area (Å²) >= 11 is 0. The highest BCUT2D eigenvalue weighted by Crippen LogP contribution is 2.25. The smallest absolute Gasteiger partial charge is 0.290 e. The highest BCUT2D eigenvalue weighted by Gasteiger charge is 2.29. The molecule has 0 aromatic rings. The molecule has 1 atom stereocenters. The minimum atomic E-state index is -4.65. The number of unbranched alkanes of at least 4 members (excludes halogenated alkanes) is 13. The highest BCUT2D eigenvalue weighted by molar-refractivity contribution is 7.91. The Kier molecular flexibility index (Phi) is 13.1. The van der Waals surface area contributed by atoms with Crippen molar-refractivity contribution in [1.29, 1.82) is 0 Å². The Balaban J connectivity index is 2.08. The van der Waals surface area contributed by atoms with Crippen LogP contribution in [0, 0.1) is 5.92 Å². The van der Waals surface area contributed by atoms with Crippen LogP contribution in [-0.2, 0) is 19.7 Å². The van der Waals surface area contributed by atoms with Gasteiger partial charge in [-0.15, -0.1) is 0 Å². The van der Waals surface area contributed by atoms with Crippen molar-refractivity contribution in [2.24, 2.45) is 5.92 Å². The Morgan fingerprint density at radius 1 is 0.733 bits per heavy atom. The number of ketones is 2. The minimum absolute atomic E-state index is 0.0991. The van der Waals surface area contributed by atoms with Gasteiger partial charge in [0.05, 0.1) is 0 Å². The summed E-state index contributed by atoms with van der Waals surface area (Å²) in [7, 11) is -4.65. The quantitative estimate of drug-likeness (QED) is 0.162. The summed E-state index contributed by atoms with van der Waals surface area (Å²) in [5, 5.41) is 0. The molecule has 5 nitrogen and oxygen atoms in total. The molecule has 0 saturated heterocycles. The molecule has 1 unspecified atom stereocenters. The van der Waals surface area contributed by atoms with Crippen molar-refractivity contribution >= 4 is 21.7 Å². The van der Waals surface area contributed by atoms with Crippen molar-refractivity contribution in [1.82, 2.24) is 0 Å². The van der Waals surface area contributed by atoms with Crippen molar-refractivity contribution in [3.63, 3.8) is 0 Å². The van der Waals surface area contributed by atoms with Gasteiger partial charge in [0.2, 0.25) is 0 Å². The average molecular weight is 441 g/mol. The second-order valence-corrected chi connectivity index (χ2v) is 9.99. The van der Waals surface area contributed by atoms with E-state index in [2.05, 4.69) is 6.92 Å². The first-order valence-electron chi connectivity index (χ1n) is 11.8. The van der Waals surface area contributed by atoms with Gasteiger partial charge in [-0.2, -0.15) is 8.42 Å². The van der Waals surface area contributed by atoms with Crippen molar-refractivity contribution in [3.05, 3.63) is 22.6 Å². The van der Waals surface area contributed by atoms with Gasteiger partial charge in [0.1, 0.15) is 4.91 Å². The van der Waals surface area contributed by atoms with E-state index in [-0.39, 0.29) is 5.92 Å². The van der Waals surface area contributed by atoms with Gasteiger partial charge in [0.25, 0.3) is 10.1 Å². The molecule has 0 fully saturated rings.